The van der Waals surface area contributed by atoms with Gasteiger partial charge in [-0.1, -0.05) is 0 Å². The van der Waals surface area contributed by atoms with Gasteiger partial charge in [-0.05, 0) is 49.2 Å². The van der Waals surface area contributed by atoms with Gasteiger partial charge < -0.3 is 10.6 Å². The fraction of sp³-hybridized carbons (Fsp3) is 0.727. The third kappa shape index (κ3) is 1.56. The zero-order valence-corrected chi connectivity index (χ0v) is 9.83. The maximum Gasteiger partial charge on any atom is 0.112 e. The lowest BCUT2D eigenvalue weighted by Crippen LogP contribution is -2.48. The van der Waals surface area contributed by atoms with E-state index in [2.05, 4.69) is 22.3 Å². The van der Waals surface area contributed by atoms with E-state index < -0.39 is 0 Å². The van der Waals surface area contributed by atoms with E-state index in [4.69, 9.17) is 5.73 Å². The SMILES string of the molecule is Cc1cc(N2C[C@H]3CC[C@@H](C2)C3N)sn1. The summed E-state index contributed by atoms with van der Waals surface area (Å²) in [5, 5.41) is 1.33. The summed E-state index contributed by atoms with van der Waals surface area (Å²) in [4.78, 5) is 2.48. The first kappa shape index (κ1) is 9.60. The summed E-state index contributed by atoms with van der Waals surface area (Å²) in [5.41, 5.74) is 7.33. The van der Waals surface area contributed by atoms with Gasteiger partial charge in [-0.3, -0.25) is 0 Å². The van der Waals surface area contributed by atoms with Crippen LogP contribution in [-0.2, 0) is 0 Å². The molecule has 1 aliphatic heterocycles. The van der Waals surface area contributed by atoms with Crippen molar-refractivity contribution in [2.45, 2.75) is 25.8 Å². The fourth-order valence-corrected chi connectivity index (χ4v) is 3.72. The molecule has 0 spiro atoms. The Labute approximate surface area is 94.4 Å². The van der Waals surface area contributed by atoms with Crippen molar-refractivity contribution in [1.29, 1.82) is 0 Å². The van der Waals surface area contributed by atoms with Crippen molar-refractivity contribution in [3.05, 3.63) is 11.8 Å². The molecule has 3 atom stereocenters. The van der Waals surface area contributed by atoms with E-state index in [0.717, 1.165) is 18.8 Å². The van der Waals surface area contributed by atoms with Gasteiger partial charge in [-0.2, -0.15) is 4.37 Å². The van der Waals surface area contributed by atoms with Crippen LogP contribution in [0.15, 0.2) is 6.07 Å². The van der Waals surface area contributed by atoms with Gasteiger partial charge in [0.1, 0.15) is 5.00 Å². The van der Waals surface area contributed by atoms with Crippen molar-refractivity contribution in [2.75, 3.05) is 18.0 Å². The number of rotatable bonds is 1. The lowest BCUT2D eigenvalue weighted by Gasteiger charge is -2.36. The van der Waals surface area contributed by atoms with Crippen LogP contribution in [0.1, 0.15) is 18.5 Å². The third-order valence-electron chi connectivity index (χ3n) is 3.83. The van der Waals surface area contributed by atoms with E-state index in [0.29, 0.717) is 17.9 Å². The molecule has 2 fully saturated rings. The van der Waals surface area contributed by atoms with Gasteiger partial charge in [0, 0.05) is 19.1 Å². The highest BCUT2D eigenvalue weighted by Crippen LogP contribution is 2.38. The van der Waals surface area contributed by atoms with E-state index in [1.807, 2.05) is 0 Å². The molecule has 0 amide bonds. The normalized spacial score (nSPS) is 34.8. The largest absolute Gasteiger partial charge is 0.362 e. The van der Waals surface area contributed by atoms with Gasteiger partial charge in [-0.25, -0.2) is 0 Å². The van der Waals surface area contributed by atoms with Gasteiger partial charge in [0.05, 0.1) is 5.69 Å². The van der Waals surface area contributed by atoms with Crippen molar-refractivity contribution in [3.8, 4) is 0 Å². The Morgan fingerprint density at radius 3 is 2.60 bits per heavy atom. The molecule has 3 nitrogen and oxygen atoms in total. The first-order valence-electron chi connectivity index (χ1n) is 5.68. The lowest BCUT2D eigenvalue weighted by atomic mass is 9.93. The second-order valence-corrected chi connectivity index (χ2v) is 5.67. The average molecular weight is 223 g/mol. The summed E-state index contributed by atoms with van der Waals surface area (Å²) in [6.45, 7) is 4.34. The van der Waals surface area contributed by atoms with E-state index in [1.165, 1.54) is 17.8 Å². The molecule has 2 heterocycles. The Hall–Kier alpha value is -0.610. The highest BCUT2D eigenvalue weighted by atomic mass is 32.1. The van der Waals surface area contributed by atoms with E-state index in [9.17, 15) is 0 Å². The molecule has 82 valence electrons. The van der Waals surface area contributed by atoms with Crippen LogP contribution in [0.3, 0.4) is 0 Å². The number of aromatic nitrogens is 1. The highest BCUT2D eigenvalue weighted by Gasteiger charge is 2.40. The zero-order chi connectivity index (χ0) is 10.4. The van der Waals surface area contributed by atoms with Gasteiger partial charge in [0.25, 0.3) is 0 Å². The minimum absolute atomic E-state index is 0.454. The summed E-state index contributed by atoms with van der Waals surface area (Å²) >= 11 is 1.62. The number of piperidine rings is 1. The lowest BCUT2D eigenvalue weighted by molar-refractivity contribution is 0.357. The number of nitrogens with two attached hydrogens (primary N) is 1. The summed E-state index contributed by atoms with van der Waals surface area (Å²) in [7, 11) is 0. The average Bonchev–Trinajstić information content (AvgIpc) is 2.70. The molecule has 2 aliphatic rings. The zero-order valence-electron chi connectivity index (χ0n) is 9.02. The van der Waals surface area contributed by atoms with Gasteiger partial charge >= 0.3 is 0 Å². The predicted molar refractivity (Wildman–Crippen MR) is 63.3 cm³/mol. The second-order valence-electron chi connectivity index (χ2n) is 4.89. The van der Waals surface area contributed by atoms with Crippen LogP contribution in [0.5, 0.6) is 0 Å². The van der Waals surface area contributed by atoms with Crippen LogP contribution in [0.25, 0.3) is 0 Å². The van der Waals surface area contributed by atoms with E-state index >= 15 is 0 Å². The van der Waals surface area contributed by atoms with Crippen molar-refractivity contribution < 1.29 is 0 Å². The van der Waals surface area contributed by atoms with Crippen LogP contribution >= 0.6 is 11.5 Å². The summed E-state index contributed by atoms with van der Waals surface area (Å²) in [5.74, 6) is 1.43. The maximum absolute atomic E-state index is 6.19. The molecule has 0 aromatic carbocycles. The van der Waals surface area contributed by atoms with Crippen LogP contribution in [-0.4, -0.2) is 23.5 Å². The Morgan fingerprint density at radius 2 is 2.07 bits per heavy atom. The molecule has 1 aromatic heterocycles. The molecule has 2 N–H and O–H groups in total. The second kappa shape index (κ2) is 3.46. The van der Waals surface area contributed by atoms with Crippen molar-refractivity contribution in [3.63, 3.8) is 0 Å². The van der Waals surface area contributed by atoms with Crippen LogP contribution in [0, 0.1) is 18.8 Å². The number of hydrogen-bond donors (Lipinski definition) is 1. The van der Waals surface area contributed by atoms with Crippen molar-refractivity contribution in [2.24, 2.45) is 17.6 Å². The Kier molecular flexibility index (Phi) is 2.21. The molecule has 1 aliphatic carbocycles. The van der Waals surface area contributed by atoms with E-state index in [-0.39, 0.29) is 0 Å². The van der Waals surface area contributed by atoms with Crippen LogP contribution < -0.4 is 10.6 Å². The summed E-state index contributed by atoms with van der Waals surface area (Å²) < 4.78 is 4.35. The van der Waals surface area contributed by atoms with E-state index in [1.54, 1.807) is 11.5 Å². The maximum atomic E-state index is 6.19. The van der Waals surface area contributed by atoms with Gasteiger partial charge in [-0.15, -0.1) is 0 Å². The molecule has 1 aromatic rings. The molecule has 3 rings (SSSR count). The standard InChI is InChI=1S/C11H17N3S/c1-7-4-10(15-13-7)14-5-8-2-3-9(6-14)11(8)12/h4,8-9,11H,2-3,5-6,12H2,1H3/t8-,9+,11?. The molecule has 2 bridgehead atoms. The molecule has 4 heteroatoms. The molecule has 1 saturated carbocycles. The number of fused-ring (bicyclic) bond motifs is 2. The van der Waals surface area contributed by atoms with Crippen LogP contribution in [0.2, 0.25) is 0 Å². The number of hydrogen-bond acceptors (Lipinski definition) is 4. The van der Waals surface area contributed by atoms with Gasteiger partial charge in [0.2, 0.25) is 0 Å². The quantitative estimate of drug-likeness (QED) is 0.786. The highest BCUT2D eigenvalue weighted by molar-refractivity contribution is 7.10. The summed E-state index contributed by atoms with van der Waals surface area (Å²) in [6, 6.07) is 2.65. The minimum Gasteiger partial charge on any atom is -0.362 e. The number of anilines is 1. The third-order valence-corrected chi connectivity index (χ3v) is 4.78. The monoisotopic (exact) mass is 223 g/mol. The van der Waals surface area contributed by atoms with Crippen LogP contribution in [0.4, 0.5) is 5.00 Å². The number of nitrogens with zero attached hydrogens (tertiary/aromatic N) is 2. The first-order chi connectivity index (χ1) is 7.24. The molecule has 15 heavy (non-hydrogen) atoms. The first-order valence-corrected chi connectivity index (χ1v) is 6.45. The molecular formula is C11H17N3S. The Bertz CT molecular complexity index is 348. The number of aryl methyl sites for hydroxylation is 1. The molecule has 0 radical (unpaired) electrons. The topological polar surface area (TPSA) is 42.1 Å². The molecule has 1 saturated heterocycles. The van der Waals surface area contributed by atoms with Gasteiger partial charge in [0.15, 0.2) is 0 Å². The Morgan fingerprint density at radius 1 is 1.40 bits per heavy atom. The summed E-state index contributed by atoms with van der Waals surface area (Å²) in [6.07, 6.45) is 2.64. The predicted octanol–water partition coefficient (Wildman–Crippen LogP) is 1.63. The minimum atomic E-state index is 0.454. The fourth-order valence-electron chi connectivity index (χ4n) is 2.94. The smallest absolute Gasteiger partial charge is 0.112 e. The molecular weight excluding hydrogens is 206 g/mol. The van der Waals surface area contributed by atoms with Crippen molar-refractivity contribution in [1.82, 2.24) is 4.37 Å². The molecule has 1 unspecified atom stereocenters. The van der Waals surface area contributed by atoms with Crippen molar-refractivity contribution >= 4 is 16.5 Å². The Balaban J connectivity index is 1.80.